The molecule has 0 aliphatic carbocycles. The molecule has 68 valence electrons. The van der Waals surface area contributed by atoms with Crippen LogP contribution in [-0.4, -0.2) is 10.2 Å². The van der Waals surface area contributed by atoms with E-state index in [-0.39, 0.29) is 5.89 Å². The third-order valence-electron chi connectivity index (χ3n) is 1.68. The Morgan fingerprint density at radius 3 is 3.00 bits per heavy atom. The molecule has 0 radical (unpaired) electrons. The Morgan fingerprint density at radius 2 is 2.36 bits per heavy atom. The number of benzene rings is 1. The van der Waals surface area contributed by atoms with Crippen molar-refractivity contribution in [3.05, 3.63) is 29.7 Å². The van der Waals surface area contributed by atoms with Crippen molar-refractivity contribution in [2.24, 2.45) is 0 Å². The van der Waals surface area contributed by atoms with Gasteiger partial charge in [0.05, 0.1) is 11.6 Å². The number of oxazole rings is 1. The molecule has 0 bridgehead atoms. The number of carbonyl (C=O) groups is 1. The van der Waals surface area contributed by atoms with Crippen LogP contribution in [0.15, 0.2) is 22.6 Å². The Morgan fingerprint density at radius 1 is 1.57 bits per heavy atom. The van der Waals surface area contributed by atoms with Crippen molar-refractivity contribution in [1.82, 2.24) is 4.98 Å². The van der Waals surface area contributed by atoms with Crippen molar-refractivity contribution in [2.75, 3.05) is 0 Å². The van der Waals surface area contributed by atoms with Gasteiger partial charge in [-0.15, -0.1) is 0 Å². The van der Waals surface area contributed by atoms with Crippen molar-refractivity contribution in [3.63, 3.8) is 0 Å². The third kappa shape index (κ3) is 1.34. The molecule has 2 rings (SSSR count). The Kier molecular flexibility index (Phi) is 1.95. The van der Waals surface area contributed by atoms with Gasteiger partial charge in [-0.2, -0.15) is 5.26 Å². The van der Waals surface area contributed by atoms with Gasteiger partial charge in [-0.1, -0.05) is 0 Å². The van der Waals surface area contributed by atoms with Crippen molar-refractivity contribution in [2.45, 2.75) is 0 Å². The fourth-order valence-corrected chi connectivity index (χ4v) is 1.16. The van der Waals surface area contributed by atoms with Crippen LogP contribution >= 0.6 is 11.6 Å². The number of nitrogens with zero attached hydrogens (tertiary/aromatic N) is 2. The van der Waals surface area contributed by atoms with Crippen molar-refractivity contribution < 1.29 is 9.21 Å². The number of rotatable bonds is 1. The number of hydrogen-bond acceptors (Lipinski definition) is 4. The summed E-state index contributed by atoms with van der Waals surface area (Å²) in [6.45, 7) is 0. The standard InChI is InChI=1S/C9H3ClN2O2/c10-8(13)9-12-6-3-5(4-11)1-2-7(6)14-9/h1-3H. The molecule has 2 aromatic rings. The molecule has 0 saturated heterocycles. The van der Waals surface area contributed by atoms with Gasteiger partial charge in [0.15, 0.2) is 5.58 Å². The summed E-state index contributed by atoms with van der Waals surface area (Å²) in [5.41, 5.74) is 1.35. The van der Waals surface area contributed by atoms with Crippen LogP contribution in [0, 0.1) is 11.3 Å². The topological polar surface area (TPSA) is 66.9 Å². The average molecular weight is 207 g/mol. The molecule has 1 aromatic heterocycles. The maximum Gasteiger partial charge on any atom is 0.307 e. The highest BCUT2D eigenvalue weighted by atomic mass is 35.5. The lowest BCUT2D eigenvalue weighted by Crippen LogP contribution is -1.86. The molecule has 0 N–H and O–H groups in total. The van der Waals surface area contributed by atoms with Gasteiger partial charge in [0.1, 0.15) is 5.52 Å². The van der Waals surface area contributed by atoms with E-state index in [4.69, 9.17) is 21.3 Å². The number of hydrogen-bond donors (Lipinski definition) is 0. The molecule has 1 heterocycles. The van der Waals surface area contributed by atoms with Crippen LogP contribution < -0.4 is 0 Å². The van der Waals surface area contributed by atoms with Crippen molar-refractivity contribution in [3.8, 4) is 6.07 Å². The summed E-state index contributed by atoms with van der Waals surface area (Å²) in [6.07, 6.45) is 0. The minimum Gasteiger partial charge on any atom is -0.433 e. The van der Waals surface area contributed by atoms with Crippen LogP contribution in [0.25, 0.3) is 11.1 Å². The average Bonchev–Trinajstić information content (AvgIpc) is 2.59. The highest BCUT2D eigenvalue weighted by Gasteiger charge is 2.11. The molecule has 5 heteroatoms. The largest absolute Gasteiger partial charge is 0.433 e. The van der Waals surface area contributed by atoms with E-state index in [1.165, 1.54) is 6.07 Å². The molecule has 0 atom stereocenters. The first kappa shape index (κ1) is 8.73. The summed E-state index contributed by atoms with van der Waals surface area (Å²) >= 11 is 5.19. The van der Waals surface area contributed by atoms with E-state index in [1.807, 2.05) is 6.07 Å². The van der Waals surface area contributed by atoms with E-state index in [0.29, 0.717) is 16.7 Å². The van der Waals surface area contributed by atoms with Gasteiger partial charge in [0.25, 0.3) is 5.89 Å². The second kappa shape index (κ2) is 3.13. The van der Waals surface area contributed by atoms with E-state index < -0.39 is 5.24 Å². The predicted molar refractivity (Wildman–Crippen MR) is 48.9 cm³/mol. The molecule has 14 heavy (non-hydrogen) atoms. The second-order valence-electron chi connectivity index (χ2n) is 2.59. The highest BCUT2D eigenvalue weighted by molar-refractivity contribution is 6.67. The van der Waals surface area contributed by atoms with Crippen molar-refractivity contribution >= 4 is 27.9 Å². The maximum absolute atomic E-state index is 10.7. The second-order valence-corrected chi connectivity index (χ2v) is 2.93. The number of nitriles is 1. The zero-order valence-corrected chi connectivity index (χ0v) is 7.58. The monoisotopic (exact) mass is 206 g/mol. The van der Waals surface area contributed by atoms with Gasteiger partial charge in [-0.25, -0.2) is 4.98 Å². The molecule has 0 unspecified atom stereocenters. The summed E-state index contributed by atoms with van der Waals surface area (Å²) < 4.78 is 5.03. The maximum atomic E-state index is 10.7. The summed E-state index contributed by atoms with van der Waals surface area (Å²) in [7, 11) is 0. The number of fused-ring (bicyclic) bond motifs is 1. The van der Waals surface area contributed by atoms with Gasteiger partial charge in [0, 0.05) is 0 Å². The molecular weight excluding hydrogens is 204 g/mol. The van der Waals surface area contributed by atoms with Gasteiger partial charge in [0.2, 0.25) is 0 Å². The molecule has 0 aliphatic rings. The minimum atomic E-state index is -0.750. The third-order valence-corrected chi connectivity index (χ3v) is 1.85. The Bertz CT molecular complexity index is 553. The Balaban J connectivity index is 2.67. The molecule has 0 spiro atoms. The van der Waals surface area contributed by atoms with Gasteiger partial charge >= 0.3 is 5.24 Å². The Labute approximate surface area is 83.7 Å². The SMILES string of the molecule is N#Cc1ccc2oc(C(=O)Cl)nc2c1. The first-order valence-electron chi connectivity index (χ1n) is 3.71. The molecule has 4 nitrogen and oxygen atoms in total. The zero-order valence-electron chi connectivity index (χ0n) is 6.82. The molecule has 0 fully saturated rings. The molecule has 0 amide bonds. The first-order valence-corrected chi connectivity index (χ1v) is 4.09. The van der Waals surface area contributed by atoms with E-state index in [2.05, 4.69) is 4.98 Å². The summed E-state index contributed by atoms with van der Waals surface area (Å²) in [5, 5.41) is 7.86. The lowest BCUT2D eigenvalue weighted by molar-refractivity contribution is 0.105. The first-order chi connectivity index (χ1) is 6.70. The Hall–Kier alpha value is -1.86. The number of halogens is 1. The van der Waals surface area contributed by atoms with E-state index in [1.54, 1.807) is 12.1 Å². The molecule has 1 aromatic carbocycles. The number of carbonyl (C=O) groups excluding carboxylic acids is 1. The molecule has 0 saturated carbocycles. The highest BCUT2D eigenvalue weighted by Crippen LogP contribution is 2.17. The number of aromatic nitrogens is 1. The van der Waals surface area contributed by atoms with Crippen molar-refractivity contribution in [1.29, 1.82) is 5.26 Å². The van der Waals surface area contributed by atoms with E-state index in [0.717, 1.165) is 0 Å². The molecular formula is C9H3ClN2O2. The van der Waals surface area contributed by atoms with Gasteiger partial charge in [-0.3, -0.25) is 4.79 Å². The summed E-state index contributed by atoms with van der Waals surface area (Å²) in [6, 6.07) is 6.64. The van der Waals surface area contributed by atoms with E-state index in [9.17, 15) is 4.79 Å². The quantitative estimate of drug-likeness (QED) is 0.670. The van der Waals surface area contributed by atoms with Crippen LogP contribution in [-0.2, 0) is 0 Å². The predicted octanol–water partition coefficient (Wildman–Crippen LogP) is 2.08. The van der Waals surface area contributed by atoms with Gasteiger partial charge < -0.3 is 4.42 Å². The van der Waals surface area contributed by atoms with Crippen LogP contribution in [0.5, 0.6) is 0 Å². The van der Waals surface area contributed by atoms with Crippen LogP contribution in [0.2, 0.25) is 0 Å². The fraction of sp³-hybridized carbons (Fsp3) is 0. The summed E-state index contributed by atoms with van der Waals surface area (Å²) in [5.74, 6) is -0.156. The fourth-order valence-electron chi connectivity index (χ4n) is 1.08. The van der Waals surface area contributed by atoms with Gasteiger partial charge in [-0.05, 0) is 29.8 Å². The van der Waals surface area contributed by atoms with E-state index >= 15 is 0 Å². The lowest BCUT2D eigenvalue weighted by Gasteiger charge is -1.85. The van der Waals surface area contributed by atoms with Crippen LogP contribution in [0.1, 0.15) is 16.2 Å². The normalized spacial score (nSPS) is 10.0. The van der Waals surface area contributed by atoms with Crippen LogP contribution in [0.3, 0.4) is 0 Å². The molecule has 0 aliphatic heterocycles. The summed E-state index contributed by atoms with van der Waals surface area (Å²) in [4.78, 5) is 14.5. The van der Waals surface area contributed by atoms with Crippen LogP contribution in [0.4, 0.5) is 0 Å². The minimum absolute atomic E-state index is 0.156. The lowest BCUT2D eigenvalue weighted by atomic mass is 10.2. The zero-order chi connectivity index (χ0) is 10.1. The smallest absolute Gasteiger partial charge is 0.307 e.